The zero-order chi connectivity index (χ0) is 22.4. The molecular weight excluding hydrogens is 454 g/mol. The van der Waals surface area contributed by atoms with Crippen molar-refractivity contribution >= 4 is 46.0 Å². The number of hydrogen-bond acceptors (Lipinski definition) is 4. The van der Waals surface area contributed by atoms with E-state index in [1.807, 2.05) is 13.0 Å². The number of amides is 1. The number of pyridine rings is 1. The highest BCUT2D eigenvalue weighted by Gasteiger charge is 2.28. The molecule has 1 saturated carbocycles. The molecule has 1 aliphatic carbocycles. The van der Waals surface area contributed by atoms with Crippen LogP contribution in [0.5, 0.6) is 0 Å². The highest BCUT2D eigenvalue weighted by atomic mass is 35.5. The maximum atomic E-state index is 14.1. The lowest BCUT2D eigenvalue weighted by Crippen LogP contribution is -2.20. The largest absolute Gasteiger partial charge is 0.306 e. The van der Waals surface area contributed by atoms with E-state index in [-0.39, 0.29) is 29.8 Å². The second-order valence-electron chi connectivity index (χ2n) is 7.89. The van der Waals surface area contributed by atoms with Crippen molar-refractivity contribution in [2.75, 3.05) is 5.32 Å². The van der Waals surface area contributed by atoms with Crippen LogP contribution in [-0.4, -0.2) is 30.5 Å². The van der Waals surface area contributed by atoms with Gasteiger partial charge in [-0.15, -0.1) is 0 Å². The molecule has 1 fully saturated rings. The van der Waals surface area contributed by atoms with Crippen molar-refractivity contribution in [2.24, 2.45) is 0 Å². The molecule has 4 aromatic rings. The minimum Gasteiger partial charge on any atom is -0.306 e. The average Bonchev–Trinajstić information content (AvgIpc) is 3.48. The van der Waals surface area contributed by atoms with Crippen molar-refractivity contribution in [1.82, 2.24) is 24.5 Å². The van der Waals surface area contributed by atoms with Gasteiger partial charge in [0.2, 0.25) is 5.91 Å². The molecule has 3 aromatic heterocycles. The minimum atomic E-state index is -0.436. The van der Waals surface area contributed by atoms with Crippen LogP contribution in [-0.2, 0) is 17.9 Å². The summed E-state index contributed by atoms with van der Waals surface area (Å²) in [7, 11) is 0. The molecule has 0 unspecified atom stereocenters. The highest BCUT2D eigenvalue weighted by Crippen LogP contribution is 2.43. The van der Waals surface area contributed by atoms with Crippen molar-refractivity contribution in [3.05, 3.63) is 69.3 Å². The number of aromatic nitrogens is 5. The van der Waals surface area contributed by atoms with E-state index in [9.17, 15) is 9.18 Å². The van der Waals surface area contributed by atoms with Crippen LogP contribution in [0, 0.1) is 12.7 Å². The second kappa shape index (κ2) is 8.18. The van der Waals surface area contributed by atoms with E-state index in [4.69, 9.17) is 23.2 Å². The normalized spacial score (nSPS) is 13.6. The summed E-state index contributed by atoms with van der Waals surface area (Å²) < 4.78 is 17.1. The third-order valence-corrected chi connectivity index (χ3v) is 6.14. The molecule has 1 N–H and O–H groups in total. The summed E-state index contributed by atoms with van der Waals surface area (Å²) in [5, 5.41) is 13.0. The van der Waals surface area contributed by atoms with Gasteiger partial charge in [-0.3, -0.25) is 9.48 Å². The van der Waals surface area contributed by atoms with Crippen molar-refractivity contribution < 1.29 is 9.18 Å². The number of nitrogens with zero attached hydrogens (tertiary/aromatic N) is 5. The molecule has 0 spiro atoms. The predicted octanol–water partition coefficient (Wildman–Crippen LogP) is 4.95. The van der Waals surface area contributed by atoms with Crippen LogP contribution in [0.25, 0.3) is 11.0 Å². The summed E-state index contributed by atoms with van der Waals surface area (Å²) in [6.45, 7) is 1.97. The SMILES string of the molecule is Cc1nn(CC(=O)Nc2nn(Cc3c(F)cccc3Cl)cc2Cl)c2nccc(C3CC3)c12. The Kier molecular flexibility index (Phi) is 5.35. The van der Waals surface area contributed by atoms with Gasteiger partial charge in [0, 0.05) is 28.4 Å². The first kappa shape index (κ1) is 20.9. The Bertz CT molecular complexity index is 1320. The Morgan fingerprint density at radius 2 is 2.03 bits per heavy atom. The Morgan fingerprint density at radius 1 is 1.22 bits per heavy atom. The van der Waals surface area contributed by atoms with E-state index in [0.29, 0.717) is 22.2 Å². The summed E-state index contributed by atoms with van der Waals surface area (Å²) >= 11 is 12.3. The Balaban J connectivity index is 1.34. The van der Waals surface area contributed by atoms with Gasteiger partial charge in [-0.2, -0.15) is 10.2 Å². The van der Waals surface area contributed by atoms with E-state index >= 15 is 0 Å². The van der Waals surface area contributed by atoms with Crippen molar-refractivity contribution in [1.29, 1.82) is 0 Å². The van der Waals surface area contributed by atoms with Gasteiger partial charge in [-0.25, -0.2) is 14.1 Å². The maximum Gasteiger partial charge on any atom is 0.247 e. The molecule has 0 radical (unpaired) electrons. The molecule has 7 nitrogen and oxygen atoms in total. The lowest BCUT2D eigenvalue weighted by molar-refractivity contribution is -0.116. The van der Waals surface area contributed by atoms with E-state index < -0.39 is 5.82 Å². The summed E-state index contributed by atoms with van der Waals surface area (Å²) in [5.74, 6) is -0.0434. The number of halogens is 3. The number of carbonyl (C=O) groups is 1. The number of carbonyl (C=O) groups excluding carboxylic acids is 1. The molecular formula is C22H19Cl2FN6O. The molecule has 0 atom stereocenters. The van der Waals surface area contributed by atoms with Gasteiger partial charge in [0.15, 0.2) is 11.5 Å². The van der Waals surface area contributed by atoms with Gasteiger partial charge >= 0.3 is 0 Å². The quantitative estimate of drug-likeness (QED) is 0.430. The fourth-order valence-corrected chi connectivity index (χ4v) is 4.29. The van der Waals surface area contributed by atoms with Gasteiger partial charge in [-0.1, -0.05) is 29.3 Å². The molecule has 1 amide bonds. The van der Waals surface area contributed by atoms with Crippen LogP contribution in [0.1, 0.15) is 35.6 Å². The summed E-state index contributed by atoms with van der Waals surface area (Å²) in [6, 6.07) is 6.50. The molecule has 5 rings (SSSR count). The first-order valence-corrected chi connectivity index (χ1v) is 10.9. The fraction of sp³-hybridized carbons (Fsp3) is 0.273. The van der Waals surface area contributed by atoms with E-state index in [1.165, 1.54) is 41.4 Å². The number of anilines is 1. The minimum absolute atomic E-state index is 0.0339. The van der Waals surface area contributed by atoms with Gasteiger partial charge in [-0.05, 0) is 49.4 Å². The molecule has 3 heterocycles. The standard InChI is InChI=1S/C22H19Cl2FN6O/c1-12-20-14(13-5-6-13)7-8-26-22(20)31(28-12)11-19(32)27-21-17(24)10-30(29-21)9-15-16(23)3-2-4-18(15)25/h2-4,7-8,10,13H,5-6,9,11H2,1H3,(H,27,29,32). The van der Waals surface area contributed by atoms with Crippen LogP contribution in [0.15, 0.2) is 36.7 Å². The number of hydrogen-bond donors (Lipinski definition) is 1. The van der Waals surface area contributed by atoms with E-state index in [1.54, 1.807) is 16.9 Å². The number of benzene rings is 1. The summed E-state index contributed by atoms with van der Waals surface area (Å²) in [5.41, 5.74) is 3.08. The monoisotopic (exact) mass is 472 g/mol. The van der Waals surface area contributed by atoms with E-state index in [2.05, 4.69) is 20.5 Å². The van der Waals surface area contributed by atoms with Crippen LogP contribution < -0.4 is 5.32 Å². The third-order valence-electron chi connectivity index (χ3n) is 5.51. The molecule has 1 aromatic carbocycles. The van der Waals surface area contributed by atoms with Crippen molar-refractivity contribution in [2.45, 2.75) is 38.8 Å². The number of fused-ring (bicyclic) bond motifs is 1. The van der Waals surface area contributed by atoms with Crippen molar-refractivity contribution in [3.8, 4) is 0 Å². The first-order chi connectivity index (χ1) is 15.4. The second-order valence-corrected chi connectivity index (χ2v) is 8.70. The average molecular weight is 473 g/mol. The molecule has 32 heavy (non-hydrogen) atoms. The predicted molar refractivity (Wildman–Crippen MR) is 121 cm³/mol. The molecule has 10 heteroatoms. The van der Waals surface area contributed by atoms with Crippen molar-refractivity contribution in [3.63, 3.8) is 0 Å². The van der Waals surface area contributed by atoms with Gasteiger partial charge in [0.1, 0.15) is 17.4 Å². The molecule has 1 aliphatic rings. The first-order valence-electron chi connectivity index (χ1n) is 10.2. The number of aryl methyl sites for hydroxylation is 1. The highest BCUT2D eigenvalue weighted by molar-refractivity contribution is 6.33. The lowest BCUT2D eigenvalue weighted by Gasteiger charge is -2.06. The molecule has 164 valence electrons. The molecule has 0 bridgehead atoms. The van der Waals surface area contributed by atoms with Gasteiger partial charge in [0.05, 0.1) is 12.2 Å². The maximum absolute atomic E-state index is 14.1. The molecule has 0 saturated heterocycles. The van der Waals surface area contributed by atoms with Crippen LogP contribution in [0.3, 0.4) is 0 Å². The van der Waals surface area contributed by atoms with Gasteiger partial charge in [0.25, 0.3) is 0 Å². The zero-order valence-electron chi connectivity index (χ0n) is 17.1. The van der Waals surface area contributed by atoms with Crippen LogP contribution >= 0.6 is 23.2 Å². The summed E-state index contributed by atoms with van der Waals surface area (Å²) in [4.78, 5) is 17.1. The van der Waals surface area contributed by atoms with E-state index in [0.717, 1.165) is 11.1 Å². The molecule has 0 aliphatic heterocycles. The Morgan fingerprint density at radius 3 is 2.78 bits per heavy atom. The topological polar surface area (TPSA) is 77.6 Å². The Hall–Kier alpha value is -2.97. The number of nitrogens with one attached hydrogen (secondary N) is 1. The zero-order valence-corrected chi connectivity index (χ0v) is 18.7. The Labute approximate surface area is 193 Å². The van der Waals surface area contributed by atoms with Crippen LogP contribution in [0.2, 0.25) is 10.0 Å². The number of rotatable bonds is 6. The summed E-state index contributed by atoms with van der Waals surface area (Å²) in [6.07, 6.45) is 5.61. The van der Waals surface area contributed by atoms with Gasteiger partial charge < -0.3 is 5.32 Å². The lowest BCUT2D eigenvalue weighted by atomic mass is 10.1. The smallest absolute Gasteiger partial charge is 0.247 e. The fourth-order valence-electron chi connectivity index (χ4n) is 3.87. The third kappa shape index (κ3) is 3.96. The van der Waals surface area contributed by atoms with Crippen LogP contribution in [0.4, 0.5) is 10.2 Å².